The molecule has 0 N–H and O–H groups in total. The van der Waals surface area contributed by atoms with E-state index in [1.807, 2.05) is 11.4 Å². The van der Waals surface area contributed by atoms with Gasteiger partial charge >= 0.3 is 0 Å². The Hall–Kier alpha value is -2.67. The molecule has 0 atom stereocenters. The molecule has 0 aromatic heterocycles. The summed E-state index contributed by atoms with van der Waals surface area (Å²) in [6.45, 7) is 0. The highest BCUT2D eigenvalue weighted by Gasteiger charge is 2.31. The van der Waals surface area contributed by atoms with E-state index in [2.05, 4.69) is 152 Å². The van der Waals surface area contributed by atoms with E-state index < -0.39 is 12.4 Å². The fourth-order valence-corrected chi connectivity index (χ4v) is 17.3. The summed E-state index contributed by atoms with van der Waals surface area (Å²) in [5, 5.41) is 4.75. The first-order valence-corrected chi connectivity index (χ1v) is 17.9. The van der Waals surface area contributed by atoms with Crippen molar-refractivity contribution >= 4 is 56.9 Å². The Morgan fingerprint density at radius 1 is 0.472 bits per heavy atom. The normalized spacial score (nSPS) is 11.7. The quantitative estimate of drug-likeness (QED) is 0.187. The molecule has 1 nitrogen and oxygen atoms in total. The molecule has 0 amide bonds. The minimum Gasteiger partial charge on any atom is -0.242 e. The maximum atomic E-state index is 6.67. The second-order valence-electron chi connectivity index (χ2n) is 8.34. The molecule has 0 heterocycles. The average Bonchev–Trinajstić information content (AvgIpc) is 2.97. The van der Waals surface area contributed by atoms with Gasteiger partial charge in [-0.1, -0.05) is 163 Å². The first kappa shape index (κ1) is 25.0. The Kier molecular flexibility index (Phi) is 8.05. The molecule has 0 bridgehead atoms. The van der Waals surface area contributed by atoms with Gasteiger partial charge in [-0.15, -0.1) is 11.4 Å². The minimum atomic E-state index is -2.51. The van der Waals surface area contributed by atoms with Gasteiger partial charge in [-0.3, -0.25) is 0 Å². The van der Waals surface area contributed by atoms with Crippen LogP contribution in [0.1, 0.15) is 5.56 Å². The van der Waals surface area contributed by atoms with Gasteiger partial charge in [0.2, 0.25) is 0 Å². The second-order valence-corrected chi connectivity index (χ2v) is 17.9. The zero-order valence-electron chi connectivity index (χ0n) is 19.8. The Labute approximate surface area is 223 Å². The lowest BCUT2D eigenvalue weighted by atomic mass is 10.2. The summed E-state index contributed by atoms with van der Waals surface area (Å²) in [4.78, 5) is 0. The molecule has 5 aromatic carbocycles. The maximum absolute atomic E-state index is 6.67. The highest BCUT2D eigenvalue weighted by Crippen LogP contribution is 2.67. The number of hydrogen-bond donors (Lipinski definition) is 0. The first-order chi connectivity index (χ1) is 17.7. The van der Waals surface area contributed by atoms with E-state index in [1.54, 1.807) is 0 Å². The summed E-state index contributed by atoms with van der Waals surface area (Å²) in [5.41, 5.74) is 1.29. The van der Waals surface area contributed by atoms with Gasteiger partial charge in [0.05, 0.1) is 6.26 Å². The van der Waals surface area contributed by atoms with Crippen LogP contribution in [-0.2, 0) is 17.6 Å². The molecule has 5 heteroatoms. The van der Waals surface area contributed by atoms with E-state index in [0.29, 0.717) is 0 Å². The van der Waals surface area contributed by atoms with Crippen molar-refractivity contribution in [2.24, 2.45) is 4.52 Å². The number of benzene rings is 5. The predicted molar refractivity (Wildman–Crippen MR) is 166 cm³/mol. The molecule has 0 radical (unpaired) electrons. The summed E-state index contributed by atoms with van der Waals surface area (Å²) < 4.78 is 5.94. The van der Waals surface area contributed by atoms with Gasteiger partial charge in [0, 0.05) is 27.0 Å². The largest absolute Gasteiger partial charge is 0.242 e. The SMILES string of the molecule is S=P(N=P(SCc1ccccc1)(c1ccccc1)c1ccccc1)(c1ccccc1)c1ccccc1. The second kappa shape index (κ2) is 11.6. The number of nitrogens with zero attached hydrogens (tertiary/aromatic N) is 1. The molecule has 0 saturated carbocycles. The molecule has 0 spiro atoms. The summed E-state index contributed by atoms with van der Waals surface area (Å²) in [7, 11) is 0. The molecular weight excluding hydrogens is 512 g/mol. The third-order valence-corrected chi connectivity index (χ3v) is 18.1. The Bertz CT molecular complexity index is 1400. The van der Waals surface area contributed by atoms with Crippen LogP contribution in [0, 0.1) is 0 Å². The molecule has 36 heavy (non-hydrogen) atoms. The van der Waals surface area contributed by atoms with Crippen molar-refractivity contribution in [2.45, 2.75) is 5.75 Å². The van der Waals surface area contributed by atoms with Crippen molar-refractivity contribution in [3.63, 3.8) is 0 Å². The van der Waals surface area contributed by atoms with Crippen molar-refractivity contribution in [1.29, 1.82) is 0 Å². The van der Waals surface area contributed by atoms with Gasteiger partial charge in [0.25, 0.3) is 0 Å². The van der Waals surface area contributed by atoms with E-state index in [4.69, 9.17) is 16.3 Å². The standard InChI is InChI=1S/C31H27NP2S2/c35-33(28-18-8-2-9-19-28,29-20-10-3-11-21-29)32-34(30-22-12-4-13-23-30,31-24-14-5-15-25-31)36-26-27-16-6-1-7-17-27/h1-25H,26H2. The van der Waals surface area contributed by atoms with Gasteiger partial charge in [0.15, 0.2) is 0 Å². The molecule has 5 aromatic rings. The third-order valence-electron chi connectivity index (χ3n) is 5.94. The van der Waals surface area contributed by atoms with Crippen molar-refractivity contribution in [3.05, 3.63) is 157 Å². The fourth-order valence-electron chi connectivity index (χ4n) is 4.12. The number of rotatable bonds is 8. The van der Waals surface area contributed by atoms with E-state index in [0.717, 1.165) is 16.4 Å². The van der Waals surface area contributed by atoms with Crippen molar-refractivity contribution in [3.8, 4) is 0 Å². The van der Waals surface area contributed by atoms with Crippen LogP contribution in [0.15, 0.2) is 156 Å². The lowest BCUT2D eigenvalue weighted by molar-refractivity contribution is 1.43. The fraction of sp³-hybridized carbons (Fsp3) is 0.0323. The zero-order chi connectivity index (χ0) is 24.7. The zero-order valence-corrected chi connectivity index (χ0v) is 23.2. The maximum Gasteiger partial charge on any atom is 0.112 e. The van der Waals surface area contributed by atoms with Gasteiger partial charge in [-0.2, -0.15) is 0 Å². The smallest absolute Gasteiger partial charge is 0.112 e. The van der Waals surface area contributed by atoms with Gasteiger partial charge in [-0.25, -0.2) is 4.52 Å². The Balaban J connectivity index is 1.83. The van der Waals surface area contributed by atoms with E-state index in [-0.39, 0.29) is 0 Å². The number of hydrogen-bond acceptors (Lipinski definition) is 2. The molecule has 0 saturated heterocycles. The molecule has 0 aliphatic carbocycles. The van der Waals surface area contributed by atoms with E-state index in [1.165, 1.54) is 16.2 Å². The van der Waals surface area contributed by atoms with Gasteiger partial charge < -0.3 is 0 Å². The highest BCUT2D eigenvalue weighted by molar-refractivity contribution is 8.63. The van der Waals surface area contributed by atoms with Crippen molar-refractivity contribution in [1.82, 2.24) is 0 Å². The molecule has 0 unspecified atom stereocenters. The van der Waals surface area contributed by atoms with Crippen LogP contribution in [0.2, 0.25) is 0 Å². The van der Waals surface area contributed by atoms with Crippen LogP contribution in [0.5, 0.6) is 0 Å². The van der Waals surface area contributed by atoms with E-state index >= 15 is 0 Å². The van der Waals surface area contributed by atoms with Crippen LogP contribution in [0.25, 0.3) is 0 Å². The summed E-state index contributed by atoms with van der Waals surface area (Å²) >= 11 is 8.62. The van der Waals surface area contributed by atoms with Crippen LogP contribution >= 0.6 is 23.8 Å². The summed E-state index contributed by atoms with van der Waals surface area (Å²) in [5.74, 6) is 0.862. The first-order valence-electron chi connectivity index (χ1n) is 11.9. The lowest BCUT2D eigenvalue weighted by Crippen LogP contribution is -2.18. The third kappa shape index (κ3) is 5.36. The predicted octanol–water partition coefficient (Wildman–Crippen LogP) is 7.73. The molecule has 5 rings (SSSR count). The summed E-state index contributed by atoms with van der Waals surface area (Å²) in [6.07, 6.45) is -4.84. The van der Waals surface area contributed by atoms with Crippen molar-refractivity contribution in [2.75, 3.05) is 0 Å². The van der Waals surface area contributed by atoms with E-state index in [9.17, 15) is 0 Å². The van der Waals surface area contributed by atoms with Gasteiger partial charge in [-0.05, 0) is 5.56 Å². The van der Waals surface area contributed by atoms with Gasteiger partial charge in [0.1, 0.15) is 6.19 Å². The Morgan fingerprint density at radius 2 is 0.806 bits per heavy atom. The summed E-state index contributed by atoms with van der Waals surface area (Å²) in [6, 6.07) is 53.3. The molecule has 0 aliphatic heterocycles. The van der Waals surface area contributed by atoms with Crippen molar-refractivity contribution < 1.29 is 0 Å². The van der Waals surface area contributed by atoms with Crippen LogP contribution in [-0.4, -0.2) is 0 Å². The Morgan fingerprint density at radius 3 is 1.19 bits per heavy atom. The van der Waals surface area contributed by atoms with Crippen LogP contribution in [0.3, 0.4) is 0 Å². The monoisotopic (exact) mass is 539 g/mol. The van der Waals surface area contributed by atoms with Crippen LogP contribution < -0.4 is 21.2 Å². The lowest BCUT2D eigenvalue weighted by Gasteiger charge is -2.30. The topological polar surface area (TPSA) is 12.4 Å². The average molecular weight is 540 g/mol. The molecular formula is C31H27NP2S2. The molecule has 178 valence electrons. The minimum absolute atomic E-state index is 0.862. The highest BCUT2D eigenvalue weighted by atomic mass is 32.7. The molecule has 0 aliphatic rings. The molecule has 0 fully saturated rings. The van der Waals surface area contributed by atoms with Crippen LogP contribution in [0.4, 0.5) is 0 Å².